The molecular weight excluding hydrogens is 1200 g/mol. The zero-order chi connectivity index (χ0) is 61.6. The summed E-state index contributed by atoms with van der Waals surface area (Å²) in [6.45, 7) is 35.0. The molecule has 2 heterocycles. The summed E-state index contributed by atoms with van der Waals surface area (Å²) in [7, 11) is 19.1. The van der Waals surface area contributed by atoms with Crippen molar-refractivity contribution in [1.82, 2.24) is 9.97 Å². The summed E-state index contributed by atoms with van der Waals surface area (Å²) in [6, 6.07) is 59.2. The SMILES string of the molecule is CC(=Nc1c(-c2ccccc2)cccc1-c1ccccc1)c1cccc(C(C)=Nc2c(C(C)C)cccc2C(C)C)n1.CC(=Nc1c(C(C)C)cccc1C(C)C)c1cccc(C(C)=Nc2c(C(C)C)cccc2C(C)C)n1.[Cl][Fe][Cl].[Cl][Fe][Cl]. The van der Waals surface area contributed by atoms with Crippen molar-refractivity contribution in [3.8, 4) is 22.3 Å². The van der Waals surface area contributed by atoms with Gasteiger partial charge in [0.15, 0.2) is 0 Å². The standard InChI is InChI=1S/C39H39N3.C33H43N3.4ClH.2Fe/c1-26(2)32-20-13-21-33(27(3)4)38(32)40-28(5)36-24-15-25-37(42-36)29(6)41-39-34(30-16-9-7-10-17-30)22-14-23-35(39)31-18-11-8-12-19-31;1-20(2)26-14-11-15-27(21(3)4)32(26)34-24(9)30-18-13-19-31(36-30)25(10)35-33-28(22(5)6)16-12-17-29(33)23(7)8;;;;;;/h7-27H,1-6H3;11-23H,1-10H3;4*1H;;/q;;;;;;2*+2/p-4. The van der Waals surface area contributed by atoms with Gasteiger partial charge in [0.1, 0.15) is 0 Å². The number of halogens is 4. The van der Waals surface area contributed by atoms with Crippen molar-refractivity contribution in [2.45, 2.75) is 146 Å². The molecule has 0 saturated carbocycles. The van der Waals surface area contributed by atoms with Crippen molar-refractivity contribution in [2.24, 2.45) is 20.0 Å². The van der Waals surface area contributed by atoms with Gasteiger partial charge in [-0.3, -0.25) is 20.0 Å². The molecule has 0 amide bonds. The summed E-state index contributed by atoms with van der Waals surface area (Å²) in [5.74, 6) is 2.38. The molecule has 0 atom stereocenters. The average Bonchev–Trinajstić information content (AvgIpc) is 3.66. The van der Waals surface area contributed by atoms with E-state index in [1.165, 1.54) is 33.4 Å². The number of aliphatic imine (C=N–C) groups is 4. The first-order chi connectivity index (χ1) is 40.2. The van der Waals surface area contributed by atoms with E-state index in [-0.39, 0.29) is 26.3 Å². The van der Waals surface area contributed by atoms with Gasteiger partial charge < -0.3 is 0 Å². The molecule has 8 rings (SSSR count). The van der Waals surface area contributed by atoms with Crippen molar-refractivity contribution < 1.29 is 26.3 Å². The number of nitrogens with zero attached hydrogens (tertiary/aromatic N) is 6. The Morgan fingerprint density at radius 1 is 0.286 bits per heavy atom. The monoisotopic (exact) mass is 1280 g/mol. The summed E-state index contributed by atoms with van der Waals surface area (Å²) < 4.78 is 0. The number of pyridine rings is 2. The van der Waals surface area contributed by atoms with Crippen LogP contribution in [0.4, 0.5) is 22.7 Å². The predicted molar refractivity (Wildman–Crippen MR) is 361 cm³/mol. The number of hydrogen-bond donors (Lipinski definition) is 0. The van der Waals surface area contributed by atoms with E-state index in [0.29, 0.717) is 35.5 Å². The van der Waals surface area contributed by atoms with Gasteiger partial charge in [0.05, 0.1) is 68.4 Å². The van der Waals surface area contributed by atoms with Gasteiger partial charge in [-0.25, -0.2) is 9.97 Å². The minimum atomic E-state index is 0.194. The number of hydrogen-bond acceptors (Lipinski definition) is 6. The molecule has 84 heavy (non-hydrogen) atoms. The van der Waals surface area contributed by atoms with Crippen LogP contribution in [0.15, 0.2) is 190 Å². The van der Waals surface area contributed by atoms with Crippen molar-refractivity contribution in [3.63, 3.8) is 0 Å². The van der Waals surface area contributed by atoms with Crippen LogP contribution in [0.1, 0.15) is 202 Å². The van der Waals surface area contributed by atoms with E-state index in [1.54, 1.807) is 0 Å². The second kappa shape index (κ2) is 34.6. The van der Waals surface area contributed by atoms with Crippen LogP contribution in [0.2, 0.25) is 0 Å². The van der Waals surface area contributed by atoms with Crippen LogP contribution in [0, 0.1) is 0 Å². The van der Waals surface area contributed by atoms with Gasteiger partial charge in [0.2, 0.25) is 0 Å². The Morgan fingerprint density at radius 3 is 0.714 bits per heavy atom. The molecule has 0 saturated heterocycles. The summed E-state index contributed by atoms with van der Waals surface area (Å²) in [5, 5.41) is 0. The van der Waals surface area contributed by atoms with Gasteiger partial charge in [-0.15, -0.1) is 0 Å². The van der Waals surface area contributed by atoms with Gasteiger partial charge in [0.25, 0.3) is 0 Å². The summed E-state index contributed by atoms with van der Waals surface area (Å²) in [5.41, 5.74) is 23.4. The molecule has 0 bridgehead atoms. The molecule has 0 aliphatic rings. The van der Waals surface area contributed by atoms with E-state index in [1.807, 2.05) is 43.3 Å². The van der Waals surface area contributed by atoms with Crippen LogP contribution in [0.25, 0.3) is 22.3 Å². The first kappa shape index (κ1) is 69.3. The van der Waals surface area contributed by atoms with Gasteiger partial charge in [-0.2, -0.15) is 0 Å². The Balaban J connectivity index is 0.000000284. The van der Waals surface area contributed by atoms with E-state index in [0.717, 1.165) is 90.6 Å². The second-order valence-corrected chi connectivity index (χ2v) is 26.1. The minimum absolute atomic E-state index is 0.194. The van der Waals surface area contributed by atoms with E-state index in [9.17, 15) is 0 Å². The van der Waals surface area contributed by atoms with Crippen molar-refractivity contribution in [3.05, 3.63) is 226 Å². The third kappa shape index (κ3) is 19.3. The van der Waals surface area contributed by atoms with Gasteiger partial charge in [0, 0.05) is 11.1 Å². The fourth-order valence-corrected chi connectivity index (χ4v) is 9.86. The molecule has 6 aromatic carbocycles. The van der Waals surface area contributed by atoms with Crippen LogP contribution in [0.5, 0.6) is 0 Å². The van der Waals surface area contributed by atoms with E-state index in [4.69, 9.17) is 70.3 Å². The Kier molecular flexibility index (Phi) is 28.5. The Morgan fingerprint density at radius 2 is 0.488 bits per heavy atom. The Hall–Kier alpha value is -5.50. The summed E-state index contributed by atoms with van der Waals surface area (Å²) >= 11 is 0.389. The van der Waals surface area contributed by atoms with Crippen molar-refractivity contribution in [1.29, 1.82) is 0 Å². The van der Waals surface area contributed by atoms with Gasteiger partial charge in [-0.05, 0) is 132 Å². The molecule has 444 valence electrons. The fraction of sp³-hybridized carbons (Fsp3) is 0.306. The van der Waals surface area contributed by atoms with Crippen LogP contribution in [-0.4, -0.2) is 32.8 Å². The first-order valence-corrected chi connectivity index (χ1v) is 34.7. The van der Waals surface area contributed by atoms with E-state index in [2.05, 4.69) is 237 Å². The third-order valence-corrected chi connectivity index (χ3v) is 14.3. The quantitative estimate of drug-likeness (QED) is 0.0714. The van der Waals surface area contributed by atoms with Crippen LogP contribution < -0.4 is 0 Å². The van der Waals surface area contributed by atoms with E-state index < -0.39 is 0 Å². The van der Waals surface area contributed by atoms with Crippen LogP contribution in [-0.2, 0) is 26.3 Å². The molecule has 0 spiro atoms. The van der Waals surface area contributed by atoms with Crippen LogP contribution >= 0.6 is 40.4 Å². The van der Waals surface area contributed by atoms with Crippen molar-refractivity contribution in [2.75, 3.05) is 0 Å². The van der Waals surface area contributed by atoms with E-state index >= 15 is 0 Å². The number of aromatic nitrogens is 2. The summed E-state index contributed by atoms with van der Waals surface area (Å²) in [6.07, 6.45) is 0. The molecule has 8 aromatic rings. The molecule has 0 aliphatic heterocycles. The Labute approximate surface area is 532 Å². The molecule has 0 unspecified atom stereocenters. The zero-order valence-electron chi connectivity index (χ0n) is 51.5. The molecule has 0 aliphatic carbocycles. The molecule has 0 N–H and O–H groups in total. The molecule has 12 heteroatoms. The maximum absolute atomic E-state index is 5.26. The molecule has 0 fully saturated rings. The third-order valence-electron chi connectivity index (χ3n) is 14.3. The average molecular weight is 1280 g/mol. The van der Waals surface area contributed by atoms with Crippen molar-refractivity contribution >= 4 is 86.0 Å². The topological polar surface area (TPSA) is 75.2 Å². The maximum atomic E-state index is 5.26. The molecule has 6 nitrogen and oxygen atoms in total. The first-order valence-electron chi connectivity index (χ1n) is 28.7. The predicted octanol–water partition coefficient (Wildman–Crippen LogP) is 23.6. The zero-order valence-corrected chi connectivity index (χ0v) is 56.8. The fourth-order valence-electron chi connectivity index (χ4n) is 9.86. The van der Waals surface area contributed by atoms with Gasteiger partial charge in [-0.1, -0.05) is 229 Å². The molecule has 0 radical (unpaired) electrons. The Bertz CT molecular complexity index is 3280. The number of para-hydroxylation sites is 4. The van der Waals surface area contributed by atoms with Crippen LogP contribution in [0.3, 0.4) is 0 Å². The normalized spacial score (nSPS) is 12.2. The second-order valence-electron chi connectivity index (χ2n) is 22.4. The number of rotatable bonds is 16. The van der Waals surface area contributed by atoms with Gasteiger partial charge >= 0.3 is 66.7 Å². The molecule has 2 aromatic heterocycles. The number of benzene rings is 6. The molecular formula is C72H82Cl4Fe2N6. The summed E-state index contributed by atoms with van der Waals surface area (Å²) in [4.78, 5) is 30.8.